The molecule has 1 saturated carbocycles. The number of anilines is 1. The average Bonchev–Trinajstić information content (AvgIpc) is 3.51. The molecule has 1 aromatic carbocycles. The maximum absolute atomic E-state index is 13.9. The quantitative estimate of drug-likeness (QED) is 0.773. The van der Waals surface area contributed by atoms with Crippen LogP contribution in [0.5, 0.6) is 0 Å². The van der Waals surface area contributed by atoms with E-state index in [0.29, 0.717) is 24.0 Å². The third-order valence-electron chi connectivity index (χ3n) is 6.37. The smallest absolute Gasteiger partial charge is 0.222 e. The molecule has 2 fully saturated rings. The van der Waals surface area contributed by atoms with Crippen LogP contribution in [0.15, 0.2) is 30.5 Å². The summed E-state index contributed by atoms with van der Waals surface area (Å²) in [4.78, 5) is 23.7. The van der Waals surface area contributed by atoms with Gasteiger partial charge in [0.2, 0.25) is 5.95 Å². The van der Waals surface area contributed by atoms with Gasteiger partial charge in [-0.2, -0.15) is 0 Å². The van der Waals surface area contributed by atoms with Crippen LogP contribution in [-0.2, 0) is 4.79 Å². The summed E-state index contributed by atoms with van der Waals surface area (Å²) in [6.45, 7) is 7.23. The molecule has 1 N–H and O–H groups in total. The number of hydrogen-bond donors (Lipinski definition) is 1. The van der Waals surface area contributed by atoms with Crippen LogP contribution < -0.4 is 5.32 Å². The van der Waals surface area contributed by atoms with Gasteiger partial charge in [0, 0.05) is 24.4 Å². The molecule has 2 aromatic rings. The maximum Gasteiger partial charge on any atom is 0.222 e. The molecule has 1 aromatic heterocycles. The van der Waals surface area contributed by atoms with Gasteiger partial charge in [-0.05, 0) is 75.2 Å². The molecule has 1 aliphatic heterocycles. The van der Waals surface area contributed by atoms with E-state index in [2.05, 4.69) is 20.2 Å². The number of aromatic nitrogens is 2. The number of halogens is 1. The summed E-state index contributed by atoms with van der Waals surface area (Å²) in [5, 5.41) is 3.35. The van der Waals surface area contributed by atoms with E-state index in [1.54, 1.807) is 6.07 Å². The third-order valence-corrected chi connectivity index (χ3v) is 6.37. The van der Waals surface area contributed by atoms with Gasteiger partial charge in [0.15, 0.2) is 5.78 Å². The van der Waals surface area contributed by atoms with Gasteiger partial charge >= 0.3 is 0 Å². The maximum atomic E-state index is 13.9. The van der Waals surface area contributed by atoms with Crippen molar-refractivity contribution in [2.75, 3.05) is 31.5 Å². The fourth-order valence-corrected chi connectivity index (χ4v) is 4.20. The van der Waals surface area contributed by atoms with E-state index in [1.807, 2.05) is 32.2 Å². The highest BCUT2D eigenvalue weighted by molar-refractivity contribution is 5.86. The molecule has 29 heavy (non-hydrogen) atoms. The predicted molar refractivity (Wildman–Crippen MR) is 111 cm³/mol. The van der Waals surface area contributed by atoms with Crippen LogP contribution in [-0.4, -0.2) is 46.8 Å². The van der Waals surface area contributed by atoms with Crippen molar-refractivity contribution in [2.45, 2.75) is 39.0 Å². The highest BCUT2D eigenvalue weighted by Gasteiger charge is 2.45. The summed E-state index contributed by atoms with van der Waals surface area (Å²) in [5.41, 5.74) is 2.80. The summed E-state index contributed by atoms with van der Waals surface area (Å²) in [5.74, 6) is 1.40. The first-order valence-electron chi connectivity index (χ1n) is 10.5. The molecule has 4 rings (SSSR count). The first kappa shape index (κ1) is 20.0. The first-order valence-corrected chi connectivity index (χ1v) is 10.5. The standard InChI is InChI=1S/C23H29FN4O/c1-15-12-25-23(27-16(15)2)26-13-17-7-9-28(10-8-17)14-22(29)20-11-19(20)18-5-3-4-6-21(18)24/h3-6,12,17,19-20H,7-11,13-14H2,1-2H3,(H,25,26,27)/t19-,20+/m0/s1. The molecule has 2 aliphatic rings. The van der Waals surface area contributed by atoms with E-state index >= 15 is 0 Å². The Bertz CT molecular complexity index is 879. The number of carbonyl (C=O) groups excluding carboxylic acids is 1. The SMILES string of the molecule is Cc1cnc(NCC2CCN(CC(=O)[C@@H]3C[C@H]3c3ccccc3F)CC2)nc1C. The number of hydrogen-bond acceptors (Lipinski definition) is 5. The van der Waals surface area contributed by atoms with Crippen LogP contribution in [0.2, 0.25) is 0 Å². The highest BCUT2D eigenvalue weighted by Crippen LogP contribution is 2.48. The van der Waals surface area contributed by atoms with Gasteiger partial charge < -0.3 is 5.32 Å². The summed E-state index contributed by atoms with van der Waals surface area (Å²) >= 11 is 0. The van der Waals surface area contributed by atoms with Gasteiger partial charge in [0.1, 0.15) is 5.82 Å². The van der Waals surface area contributed by atoms with Crippen molar-refractivity contribution in [1.29, 1.82) is 0 Å². The number of nitrogens with one attached hydrogen (secondary N) is 1. The molecule has 0 spiro atoms. The molecule has 2 heterocycles. The second kappa shape index (κ2) is 8.57. The Labute approximate surface area is 171 Å². The fourth-order valence-electron chi connectivity index (χ4n) is 4.20. The predicted octanol–water partition coefficient (Wildman–Crippen LogP) is 3.73. The lowest BCUT2D eigenvalue weighted by Gasteiger charge is -2.31. The Balaban J connectivity index is 1.20. The van der Waals surface area contributed by atoms with Gasteiger partial charge in [0.05, 0.1) is 6.54 Å². The van der Waals surface area contributed by atoms with E-state index in [-0.39, 0.29) is 23.4 Å². The van der Waals surface area contributed by atoms with Crippen molar-refractivity contribution in [3.05, 3.63) is 53.1 Å². The van der Waals surface area contributed by atoms with Crippen molar-refractivity contribution in [3.63, 3.8) is 0 Å². The Morgan fingerprint density at radius 1 is 1.24 bits per heavy atom. The van der Waals surface area contributed by atoms with Crippen molar-refractivity contribution in [3.8, 4) is 0 Å². The molecule has 154 valence electrons. The van der Waals surface area contributed by atoms with E-state index in [0.717, 1.165) is 50.2 Å². The number of nitrogens with zero attached hydrogens (tertiary/aromatic N) is 3. The number of piperidine rings is 1. The van der Waals surface area contributed by atoms with Crippen LogP contribution in [0.25, 0.3) is 0 Å². The summed E-state index contributed by atoms with van der Waals surface area (Å²) in [7, 11) is 0. The molecule has 1 aliphatic carbocycles. The Kier molecular flexibility index (Phi) is 5.90. The first-order chi connectivity index (χ1) is 14.0. The zero-order valence-electron chi connectivity index (χ0n) is 17.2. The highest BCUT2D eigenvalue weighted by atomic mass is 19.1. The van der Waals surface area contributed by atoms with Crippen LogP contribution in [0.1, 0.15) is 42.0 Å². The molecule has 0 unspecified atom stereocenters. The van der Waals surface area contributed by atoms with Crippen molar-refractivity contribution in [2.24, 2.45) is 11.8 Å². The Morgan fingerprint density at radius 2 is 2.00 bits per heavy atom. The molecular weight excluding hydrogens is 367 g/mol. The molecule has 0 bridgehead atoms. The lowest BCUT2D eigenvalue weighted by atomic mass is 9.96. The van der Waals surface area contributed by atoms with Crippen molar-refractivity contribution < 1.29 is 9.18 Å². The zero-order chi connectivity index (χ0) is 20.4. The van der Waals surface area contributed by atoms with Crippen LogP contribution >= 0.6 is 0 Å². The van der Waals surface area contributed by atoms with Crippen LogP contribution in [0, 0.1) is 31.5 Å². The van der Waals surface area contributed by atoms with E-state index in [9.17, 15) is 9.18 Å². The van der Waals surface area contributed by atoms with Crippen molar-refractivity contribution in [1.82, 2.24) is 14.9 Å². The van der Waals surface area contributed by atoms with E-state index in [1.165, 1.54) is 6.07 Å². The number of likely N-dealkylation sites (tertiary alicyclic amines) is 1. The van der Waals surface area contributed by atoms with Crippen molar-refractivity contribution >= 4 is 11.7 Å². The molecular formula is C23H29FN4O. The number of aryl methyl sites for hydroxylation is 2. The monoisotopic (exact) mass is 396 g/mol. The molecule has 6 heteroatoms. The molecule has 5 nitrogen and oxygen atoms in total. The lowest BCUT2D eigenvalue weighted by molar-refractivity contribution is -0.121. The van der Waals surface area contributed by atoms with Gasteiger partial charge in [-0.3, -0.25) is 9.69 Å². The number of ketones is 1. The van der Waals surface area contributed by atoms with E-state index in [4.69, 9.17) is 0 Å². The topological polar surface area (TPSA) is 58.1 Å². The van der Waals surface area contributed by atoms with Crippen LogP contribution in [0.3, 0.4) is 0 Å². The second-order valence-electron chi connectivity index (χ2n) is 8.50. The number of Topliss-reactive ketones (excluding diaryl/α,β-unsaturated/α-hetero) is 1. The number of benzene rings is 1. The lowest BCUT2D eigenvalue weighted by Crippen LogP contribution is -2.39. The van der Waals surface area contributed by atoms with Gasteiger partial charge in [-0.1, -0.05) is 18.2 Å². The molecule has 0 amide bonds. The molecule has 1 saturated heterocycles. The summed E-state index contributed by atoms with van der Waals surface area (Å²) in [6.07, 6.45) is 4.76. The van der Waals surface area contributed by atoms with Gasteiger partial charge in [-0.15, -0.1) is 0 Å². The minimum Gasteiger partial charge on any atom is -0.354 e. The minimum atomic E-state index is -0.186. The molecule has 2 atom stereocenters. The summed E-state index contributed by atoms with van der Waals surface area (Å²) < 4.78 is 13.9. The Hall–Kier alpha value is -2.34. The third kappa shape index (κ3) is 4.81. The molecule has 0 radical (unpaired) electrons. The van der Waals surface area contributed by atoms with E-state index < -0.39 is 0 Å². The minimum absolute atomic E-state index is 0.00628. The normalized spacial score (nSPS) is 22.4. The zero-order valence-corrected chi connectivity index (χ0v) is 17.2. The largest absolute Gasteiger partial charge is 0.354 e. The number of carbonyl (C=O) groups is 1. The fraction of sp³-hybridized carbons (Fsp3) is 0.522. The second-order valence-corrected chi connectivity index (χ2v) is 8.50. The number of rotatable bonds is 7. The van der Waals surface area contributed by atoms with Gasteiger partial charge in [0.25, 0.3) is 0 Å². The Morgan fingerprint density at radius 3 is 2.72 bits per heavy atom. The van der Waals surface area contributed by atoms with Crippen LogP contribution in [0.4, 0.5) is 10.3 Å². The van der Waals surface area contributed by atoms with Gasteiger partial charge in [-0.25, -0.2) is 14.4 Å². The summed E-state index contributed by atoms with van der Waals surface area (Å²) in [6, 6.07) is 6.84. The average molecular weight is 397 g/mol.